The normalized spacial score (nSPS) is 13.7. The quantitative estimate of drug-likeness (QED) is 0.804. The van der Waals surface area contributed by atoms with Crippen LogP contribution in [-0.2, 0) is 9.84 Å². The topological polar surface area (TPSA) is 60.2 Å². The average molecular weight is 231 g/mol. The van der Waals surface area contributed by atoms with E-state index in [-0.39, 0.29) is 17.1 Å². The van der Waals surface area contributed by atoms with Crippen molar-refractivity contribution in [2.45, 2.75) is 24.4 Å². The maximum absolute atomic E-state index is 12.5. The van der Waals surface area contributed by atoms with Crippen molar-refractivity contribution in [3.63, 3.8) is 0 Å². The lowest BCUT2D eigenvalue weighted by Crippen LogP contribution is -2.10. The van der Waals surface area contributed by atoms with Crippen molar-refractivity contribution in [1.82, 2.24) is 0 Å². The summed E-state index contributed by atoms with van der Waals surface area (Å²) < 4.78 is 35.8. The molecule has 1 aromatic carbocycles. The Morgan fingerprint density at radius 3 is 2.33 bits per heavy atom. The predicted octanol–water partition coefficient (Wildman–Crippen LogP) is 1.79. The standard InChI is InChI=1S/C10H14FNO2S/c1-8(11)6-7-15(13,14)10-4-2-9(12)3-5-10/h2-5,8H,6-7,12H2,1H3. The maximum atomic E-state index is 12.5. The van der Waals surface area contributed by atoms with Gasteiger partial charge in [-0.1, -0.05) is 0 Å². The van der Waals surface area contributed by atoms with Gasteiger partial charge in [0.05, 0.1) is 16.8 Å². The third kappa shape index (κ3) is 3.51. The summed E-state index contributed by atoms with van der Waals surface area (Å²) in [5.74, 6) is -0.172. The van der Waals surface area contributed by atoms with Crippen LogP contribution in [0.5, 0.6) is 0 Å². The molecule has 0 radical (unpaired) electrons. The van der Waals surface area contributed by atoms with Gasteiger partial charge >= 0.3 is 0 Å². The van der Waals surface area contributed by atoms with Crippen molar-refractivity contribution in [1.29, 1.82) is 0 Å². The number of nitrogen functional groups attached to an aromatic ring is 1. The second-order valence-electron chi connectivity index (χ2n) is 3.46. The van der Waals surface area contributed by atoms with Gasteiger partial charge in [0.2, 0.25) is 0 Å². The molecule has 0 spiro atoms. The van der Waals surface area contributed by atoms with E-state index in [1.54, 1.807) is 0 Å². The number of nitrogens with two attached hydrogens (primary N) is 1. The van der Waals surface area contributed by atoms with E-state index in [0.29, 0.717) is 5.69 Å². The monoisotopic (exact) mass is 231 g/mol. The third-order valence-electron chi connectivity index (χ3n) is 2.02. The van der Waals surface area contributed by atoms with Crippen LogP contribution in [-0.4, -0.2) is 20.3 Å². The molecule has 2 N–H and O–H groups in total. The van der Waals surface area contributed by atoms with E-state index in [4.69, 9.17) is 5.73 Å². The van der Waals surface area contributed by atoms with Gasteiger partial charge in [-0.15, -0.1) is 0 Å². The first kappa shape index (κ1) is 12.0. The van der Waals surface area contributed by atoms with E-state index >= 15 is 0 Å². The van der Waals surface area contributed by atoms with Crippen LogP contribution in [0.2, 0.25) is 0 Å². The van der Waals surface area contributed by atoms with Crippen molar-refractivity contribution in [3.8, 4) is 0 Å². The molecular formula is C10H14FNO2S. The molecule has 0 bridgehead atoms. The van der Waals surface area contributed by atoms with Crippen LogP contribution in [0.1, 0.15) is 13.3 Å². The van der Waals surface area contributed by atoms with Crippen LogP contribution in [0, 0.1) is 0 Å². The summed E-state index contributed by atoms with van der Waals surface area (Å²) in [4.78, 5) is 0.192. The van der Waals surface area contributed by atoms with Gasteiger partial charge in [0.1, 0.15) is 0 Å². The lowest BCUT2D eigenvalue weighted by Gasteiger charge is -2.05. The number of benzene rings is 1. The number of halogens is 1. The predicted molar refractivity (Wildman–Crippen MR) is 58.1 cm³/mol. The second kappa shape index (κ2) is 4.61. The fourth-order valence-corrected chi connectivity index (χ4v) is 2.53. The largest absolute Gasteiger partial charge is 0.399 e. The van der Waals surface area contributed by atoms with E-state index in [1.807, 2.05) is 0 Å². The fourth-order valence-electron chi connectivity index (χ4n) is 1.11. The highest BCUT2D eigenvalue weighted by Gasteiger charge is 2.15. The van der Waals surface area contributed by atoms with E-state index in [0.717, 1.165) is 0 Å². The SMILES string of the molecule is CC(F)CCS(=O)(=O)c1ccc(N)cc1. The number of sulfone groups is 1. The van der Waals surface area contributed by atoms with Crippen molar-refractivity contribution >= 4 is 15.5 Å². The first-order valence-electron chi connectivity index (χ1n) is 4.64. The lowest BCUT2D eigenvalue weighted by molar-refractivity contribution is 0.352. The van der Waals surface area contributed by atoms with Gasteiger partial charge in [-0.25, -0.2) is 12.8 Å². The Kier molecular flexibility index (Phi) is 3.68. The van der Waals surface area contributed by atoms with E-state index < -0.39 is 16.0 Å². The molecule has 0 aliphatic carbocycles. The van der Waals surface area contributed by atoms with Gasteiger partial charge in [0.15, 0.2) is 9.84 Å². The highest BCUT2D eigenvalue weighted by atomic mass is 32.2. The Labute approximate surface area is 89.0 Å². The Morgan fingerprint density at radius 1 is 1.33 bits per heavy atom. The molecule has 0 amide bonds. The van der Waals surface area contributed by atoms with Crippen LogP contribution >= 0.6 is 0 Å². The fraction of sp³-hybridized carbons (Fsp3) is 0.400. The number of alkyl halides is 1. The molecule has 1 unspecified atom stereocenters. The summed E-state index contributed by atoms with van der Waals surface area (Å²) in [6, 6.07) is 5.92. The summed E-state index contributed by atoms with van der Waals surface area (Å²) in [6.07, 6.45) is -1.08. The van der Waals surface area contributed by atoms with Crippen LogP contribution in [0.4, 0.5) is 10.1 Å². The molecule has 0 saturated carbocycles. The zero-order valence-electron chi connectivity index (χ0n) is 8.48. The molecule has 0 heterocycles. The number of anilines is 1. The number of hydrogen-bond acceptors (Lipinski definition) is 3. The molecular weight excluding hydrogens is 217 g/mol. The summed E-state index contributed by atoms with van der Waals surface area (Å²) >= 11 is 0. The molecule has 0 aromatic heterocycles. The van der Waals surface area contributed by atoms with Crippen molar-refractivity contribution < 1.29 is 12.8 Å². The first-order chi connectivity index (χ1) is 6.92. The zero-order valence-corrected chi connectivity index (χ0v) is 9.30. The molecule has 0 aliphatic heterocycles. The zero-order chi connectivity index (χ0) is 11.5. The van der Waals surface area contributed by atoms with Gasteiger partial charge in [0, 0.05) is 5.69 Å². The lowest BCUT2D eigenvalue weighted by atomic mass is 10.3. The van der Waals surface area contributed by atoms with Crippen LogP contribution in [0.25, 0.3) is 0 Å². The minimum atomic E-state index is -3.37. The Morgan fingerprint density at radius 2 is 1.87 bits per heavy atom. The molecule has 0 aliphatic rings. The highest BCUT2D eigenvalue weighted by Crippen LogP contribution is 2.15. The minimum Gasteiger partial charge on any atom is -0.399 e. The summed E-state index contributed by atoms with van der Waals surface area (Å²) in [7, 11) is -3.37. The van der Waals surface area contributed by atoms with Gasteiger partial charge in [-0.3, -0.25) is 0 Å². The molecule has 5 heteroatoms. The summed E-state index contributed by atoms with van der Waals surface area (Å²) in [5, 5.41) is 0. The molecule has 1 rings (SSSR count). The smallest absolute Gasteiger partial charge is 0.178 e. The van der Waals surface area contributed by atoms with Gasteiger partial charge in [-0.2, -0.15) is 0 Å². The molecule has 0 fully saturated rings. The Hall–Kier alpha value is -1.10. The minimum absolute atomic E-state index is 0.0205. The molecule has 84 valence electrons. The van der Waals surface area contributed by atoms with Gasteiger partial charge in [0.25, 0.3) is 0 Å². The van der Waals surface area contributed by atoms with Crippen molar-refractivity contribution in [2.75, 3.05) is 11.5 Å². The summed E-state index contributed by atoms with van der Waals surface area (Å²) in [6.45, 7) is 1.35. The molecule has 1 atom stereocenters. The molecule has 1 aromatic rings. The van der Waals surface area contributed by atoms with E-state index in [2.05, 4.69) is 0 Å². The third-order valence-corrected chi connectivity index (χ3v) is 3.79. The maximum Gasteiger partial charge on any atom is 0.178 e. The van der Waals surface area contributed by atoms with E-state index in [1.165, 1.54) is 31.2 Å². The summed E-state index contributed by atoms with van der Waals surface area (Å²) in [5.41, 5.74) is 5.94. The number of rotatable bonds is 4. The van der Waals surface area contributed by atoms with Gasteiger partial charge in [-0.05, 0) is 37.6 Å². The average Bonchev–Trinajstić information content (AvgIpc) is 2.16. The molecule has 0 saturated heterocycles. The van der Waals surface area contributed by atoms with Crippen LogP contribution < -0.4 is 5.73 Å². The van der Waals surface area contributed by atoms with Crippen LogP contribution in [0.15, 0.2) is 29.2 Å². The molecule has 3 nitrogen and oxygen atoms in total. The Bertz CT molecular complexity index is 412. The number of hydrogen-bond donors (Lipinski definition) is 1. The van der Waals surface area contributed by atoms with Crippen LogP contribution in [0.3, 0.4) is 0 Å². The van der Waals surface area contributed by atoms with Crippen molar-refractivity contribution in [3.05, 3.63) is 24.3 Å². The van der Waals surface area contributed by atoms with E-state index in [9.17, 15) is 12.8 Å². The second-order valence-corrected chi connectivity index (χ2v) is 5.57. The van der Waals surface area contributed by atoms with Gasteiger partial charge < -0.3 is 5.73 Å². The highest BCUT2D eigenvalue weighted by molar-refractivity contribution is 7.91. The van der Waals surface area contributed by atoms with Crippen molar-refractivity contribution in [2.24, 2.45) is 0 Å². The Balaban J connectivity index is 2.82. The first-order valence-corrected chi connectivity index (χ1v) is 6.29. The molecule has 15 heavy (non-hydrogen) atoms.